The van der Waals surface area contributed by atoms with Crippen LogP contribution in [-0.4, -0.2) is 48.7 Å². The van der Waals surface area contributed by atoms with E-state index >= 15 is 0 Å². The fourth-order valence-electron chi connectivity index (χ4n) is 3.87. The Morgan fingerprint density at radius 2 is 1.91 bits per heavy atom. The zero-order valence-corrected chi connectivity index (χ0v) is 20.2. The summed E-state index contributed by atoms with van der Waals surface area (Å²) in [6.45, 7) is 8.39. The predicted octanol–water partition coefficient (Wildman–Crippen LogP) is 4.87. The molecule has 0 aliphatic carbocycles. The Morgan fingerprint density at radius 3 is 2.63 bits per heavy atom. The number of aryl methyl sites for hydroxylation is 1. The molecule has 1 aromatic heterocycles. The Bertz CT molecular complexity index is 1220. The van der Waals surface area contributed by atoms with Crippen LogP contribution in [0.25, 0.3) is 11.3 Å². The van der Waals surface area contributed by atoms with Crippen molar-refractivity contribution in [3.63, 3.8) is 0 Å². The van der Waals surface area contributed by atoms with Crippen molar-refractivity contribution in [1.29, 1.82) is 0 Å². The molecule has 3 N–H and O–H groups in total. The van der Waals surface area contributed by atoms with Crippen LogP contribution >= 0.6 is 0 Å². The summed E-state index contributed by atoms with van der Waals surface area (Å²) in [5.74, 6) is -1.41. The van der Waals surface area contributed by atoms with E-state index in [0.717, 1.165) is 42.7 Å². The number of nitrogens with one attached hydrogen (secondary N) is 1. The van der Waals surface area contributed by atoms with Crippen LogP contribution in [0.2, 0.25) is 0 Å². The van der Waals surface area contributed by atoms with Gasteiger partial charge in [0.25, 0.3) is 5.92 Å². The van der Waals surface area contributed by atoms with Crippen molar-refractivity contribution in [1.82, 2.24) is 9.97 Å². The number of alkyl halides is 2. The molecule has 1 aliphatic rings. The van der Waals surface area contributed by atoms with Crippen LogP contribution in [0.3, 0.4) is 0 Å². The zero-order chi connectivity index (χ0) is 25.0. The molecule has 0 radical (unpaired) electrons. The van der Waals surface area contributed by atoms with Gasteiger partial charge in [-0.05, 0) is 37.6 Å². The molecule has 0 amide bonds. The Morgan fingerprint density at radius 1 is 1.14 bits per heavy atom. The monoisotopic (exact) mass is 480 g/mol. The second-order valence-electron chi connectivity index (χ2n) is 8.53. The van der Waals surface area contributed by atoms with Crippen molar-refractivity contribution in [2.75, 3.05) is 43.1 Å². The number of morpholine rings is 1. The lowest BCUT2D eigenvalue weighted by Gasteiger charge is -2.28. The topological polar surface area (TPSA) is 88.7 Å². The number of aliphatic imine (C=N–C) groups is 1. The Kier molecular flexibility index (Phi) is 7.25. The summed E-state index contributed by atoms with van der Waals surface area (Å²) in [5.41, 5.74) is 9.82. The summed E-state index contributed by atoms with van der Waals surface area (Å²) in [6.07, 6.45) is 0. The lowest BCUT2D eigenvalue weighted by molar-refractivity contribution is 0.0174. The number of nitrogens with zero attached hydrogens (tertiary/aromatic N) is 4. The van der Waals surface area contributed by atoms with Gasteiger partial charge in [0, 0.05) is 49.3 Å². The van der Waals surface area contributed by atoms with E-state index in [1.165, 1.54) is 12.1 Å². The fourth-order valence-corrected chi connectivity index (χ4v) is 3.87. The molecule has 3 aromatic rings. The van der Waals surface area contributed by atoms with Crippen LogP contribution < -0.4 is 16.0 Å². The molecule has 0 atom stereocenters. The largest absolute Gasteiger partial charge is 0.383 e. The van der Waals surface area contributed by atoms with Crippen molar-refractivity contribution < 1.29 is 13.5 Å². The van der Waals surface area contributed by atoms with Gasteiger partial charge < -0.3 is 20.7 Å². The van der Waals surface area contributed by atoms with Crippen LogP contribution in [0, 0.1) is 6.92 Å². The normalized spacial score (nSPS) is 14.8. The van der Waals surface area contributed by atoms with E-state index in [0.29, 0.717) is 37.0 Å². The Hall–Kier alpha value is -3.59. The number of ether oxygens (including phenoxy) is 1. The first-order valence-electron chi connectivity index (χ1n) is 11.6. The number of rotatable bonds is 7. The summed E-state index contributed by atoms with van der Waals surface area (Å²) in [4.78, 5) is 16.1. The highest BCUT2D eigenvalue weighted by Crippen LogP contribution is 2.31. The number of aromatic nitrogens is 2. The smallest absolute Gasteiger partial charge is 0.270 e. The van der Waals surface area contributed by atoms with Gasteiger partial charge in [-0.2, -0.15) is 4.98 Å². The third kappa shape index (κ3) is 5.92. The summed E-state index contributed by atoms with van der Waals surface area (Å²) in [7, 11) is 0. The maximum Gasteiger partial charge on any atom is 0.270 e. The lowest BCUT2D eigenvalue weighted by atomic mass is 10.0. The minimum absolute atomic E-state index is 0.106. The van der Waals surface area contributed by atoms with E-state index in [-0.39, 0.29) is 11.4 Å². The molecule has 1 fully saturated rings. The molecule has 2 aromatic carbocycles. The van der Waals surface area contributed by atoms with Crippen molar-refractivity contribution >= 4 is 23.3 Å². The van der Waals surface area contributed by atoms with E-state index < -0.39 is 5.92 Å². The molecule has 0 saturated carbocycles. The third-order valence-corrected chi connectivity index (χ3v) is 5.79. The number of benzene rings is 2. The van der Waals surface area contributed by atoms with Crippen LogP contribution in [0.5, 0.6) is 0 Å². The fraction of sp³-hybridized carbons (Fsp3) is 0.346. The third-order valence-electron chi connectivity index (χ3n) is 5.79. The van der Waals surface area contributed by atoms with Gasteiger partial charge in [-0.25, -0.2) is 18.8 Å². The van der Waals surface area contributed by atoms with Crippen molar-refractivity contribution in [2.24, 2.45) is 10.7 Å². The quantitative estimate of drug-likeness (QED) is 0.371. The molecule has 1 aliphatic heterocycles. The van der Waals surface area contributed by atoms with Crippen LogP contribution in [-0.2, 0) is 10.7 Å². The molecule has 1 saturated heterocycles. The van der Waals surface area contributed by atoms with Crippen LogP contribution in [0.1, 0.15) is 30.5 Å². The maximum absolute atomic E-state index is 13.8. The number of hydrogen-bond acceptors (Lipinski definition) is 6. The molecular formula is C26H30F2N6O. The van der Waals surface area contributed by atoms with E-state index in [4.69, 9.17) is 15.5 Å². The average Bonchev–Trinajstić information content (AvgIpc) is 2.85. The minimum Gasteiger partial charge on any atom is -0.383 e. The summed E-state index contributed by atoms with van der Waals surface area (Å²) >= 11 is 0. The van der Waals surface area contributed by atoms with Gasteiger partial charge in [0.2, 0.25) is 5.95 Å². The first-order chi connectivity index (χ1) is 16.7. The maximum atomic E-state index is 13.8. The SMILES string of the molecule is CCNc1nc(-c2cc(N=C(N)c3cccc(C(C)(F)F)c3)ccc2C)cc(N2CCOCC2)n1. The van der Waals surface area contributed by atoms with Crippen LogP contribution in [0.15, 0.2) is 53.5 Å². The van der Waals surface area contributed by atoms with Gasteiger partial charge in [0.1, 0.15) is 11.7 Å². The van der Waals surface area contributed by atoms with Gasteiger partial charge in [0.05, 0.1) is 24.6 Å². The molecule has 184 valence electrons. The predicted molar refractivity (Wildman–Crippen MR) is 136 cm³/mol. The van der Waals surface area contributed by atoms with Crippen molar-refractivity contribution in [2.45, 2.75) is 26.7 Å². The lowest BCUT2D eigenvalue weighted by Crippen LogP contribution is -2.37. The minimum atomic E-state index is -2.96. The van der Waals surface area contributed by atoms with E-state index in [2.05, 4.69) is 20.2 Å². The highest BCUT2D eigenvalue weighted by atomic mass is 19.3. The summed E-state index contributed by atoms with van der Waals surface area (Å²) < 4.78 is 33.0. The van der Waals surface area contributed by atoms with E-state index in [1.54, 1.807) is 12.1 Å². The first kappa shape index (κ1) is 24.5. The summed E-state index contributed by atoms with van der Waals surface area (Å²) in [5, 5.41) is 3.21. The van der Waals surface area contributed by atoms with Gasteiger partial charge in [0.15, 0.2) is 0 Å². The second-order valence-corrected chi connectivity index (χ2v) is 8.53. The number of anilines is 2. The molecule has 0 spiro atoms. The highest BCUT2D eigenvalue weighted by Gasteiger charge is 2.24. The number of hydrogen-bond donors (Lipinski definition) is 2. The van der Waals surface area contributed by atoms with E-state index in [1.807, 2.05) is 38.1 Å². The van der Waals surface area contributed by atoms with Gasteiger partial charge in [-0.15, -0.1) is 0 Å². The average molecular weight is 481 g/mol. The molecule has 9 heteroatoms. The number of amidine groups is 1. The molecule has 0 unspecified atom stereocenters. The number of halogens is 2. The standard InChI is InChI=1S/C26H30F2N6O/c1-4-30-25-32-22(16-23(33-25)34-10-12-35-13-11-34)21-15-20(9-8-17(21)2)31-24(29)18-6-5-7-19(14-18)26(3,27)28/h5-9,14-16H,4,10-13H2,1-3H3,(H2,29,31)(H,30,32,33). The first-order valence-corrected chi connectivity index (χ1v) is 11.6. The van der Waals surface area contributed by atoms with Gasteiger partial charge in [-0.3, -0.25) is 0 Å². The second kappa shape index (κ2) is 10.4. The molecule has 2 heterocycles. The number of nitrogens with two attached hydrogens (primary N) is 1. The molecule has 7 nitrogen and oxygen atoms in total. The zero-order valence-electron chi connectivity index (χ0n) is 20.2. The van der Waals surface area contributed by atoms with Gasteiger partial charge in [-0.1, -0.05) is 24.3 Å². The highest BCUT2D eigenvalue weighted by molar-refractivity contribution is 5.99. The molecular weight excluding hydrogens is 450 g/mol. The van der Waals surface area contributed by atoms with Crippen LogP contribution in [0.4, 0.5) is 26.2 Å². The molecule has 0 bridgehead atoms. The van der Waals surface area contributed by atoms with Crippen molar-refractivity contribution in [3.8, 4) is 11.3 Å². The summed E-state index contributed by atoms with van der Waals surface area (Å²) in [6, 6.07) is 13.6. The molecule has 4 rings (SSSR count). The Balaban J connectivity index is 1.71. The Labute approximate surface area is 204 Å². The van der Waals surface area contributed by atoms with Gasteiger partial charge >= 0.3 is 0 Å². The van der Waals surface area contributed by atoms with Crippen molar-refractivity contribution in [3.05, 3.63) is 65.2 Å². The molecule has 35 heavy (non-hydrogen) atoms. The van der Waals surface area contributed by atoms with E-state index in [9.17, 15) is 8.78 Å².